The van der Waals surface area contributed by atoms with Crippen LogP contribution in [0.4, 0.5) is 0 Å². The summed E-state index contributed by atoms with van der Waals surface area (Å²) in [5, 5.41) is 0. The van der Waals surface area contributed by atoms with Crippen molar-refractivity contribution in [3.05, 3.63) is 92.4 Å². The van der Waals surface area contributed by atoms with Crippen LogP contribution in [0.3, 0.4) is 0 Å². The number of hydrogen-bond donors (Lipinski definition) is 0. The average molecular weight is 429 g/mol. The van der Waals surface area contributed by atoms with Gasteiger partial charge in [-0.15, -0.1) is 0 Å². The van der Waals surface area contributed by atoms with Gasteiger partial charge in [-0.1, -0.05) is 63.2 Å². The molecule has 0 N–H and O–H groups in total. The molecule has 0 saturated heterocycles. The Morgan fingerprint density at radius 3 is 2.31 bits per heavy atom. The third-order valence-electron chi connectivity index (χ3n) is 6.29. The fourth-order valence-electron chi connectivity index (χ4n) is 4.27. The standard InChI is InChI=1S/C26H28N4O2/c1-17-7-5-6-8-21(17)30-23-22(24(31)29(25(30)32)20-13-14-20)28(16-27-23)15-18-9-11-19(12-10-18)26(2,3)4/h5-12,16,20H,13-15H2,1-4H3. The van der Waals surface area contributed by atoms with E-state index in [1.807, 2.05) is 35.8 Å². The fourth-order valence-corrected chi connectivity index (χ4v) is 4.27. The van der Waals surface area contributed by atoms with Crippen LogP contribution in [-0.2, 0) is 12.0 Å². The van der Waals surface area contributed by atoms with Gasteiger partial charge in [-0.3, -0.25) is 9.36 Å². The summed E-state index contributed by atoms with van der Waals surface area (Å²) in [4.78, 5) is 31.4. The molecule has 0 unspecified atom stereocenters. The highest BCUT2D eigenvalue weighted by atomic mass is 16.2. The third-order valence-corrected chi connectivity index (χ3v) is 6.29. The van der Waals surface area contributed by atoms with E-state index in [4.69, 9.17) is 0 Å². The number of benzene rings is 2. The minimum Gasteiger partial charge on any atom is -0.320 e. The second kappa shape index (κ2) is 7.33. The second-order valence-corrected chi connectivity index (χ2v) is 9.80. The van der Waals surface area contributed by atoms with Crippen molar-refractivity contribution in [3.63, 3.8) is 0 Å². The van der Waals surface area contributed by atoms with Crippen molar-refractivity contribution in [2.75, 3.05) is 0 Å². The second-order valence-electron chi connectivity index (χ2n) is 9.80. The van der Waals surface area contributed by atoms with E-state index in [1.54, 1.807) is 10.9 Å². The molecule has 1 aliphatic rings. The molecule has 164 valence electrons. The Morgan fingerprint density at radius 2 is 1.69 bits per heavy atom. The Kier molecular flexibility index (Phi) is 4.69. The van der Waals surface area contributed by atoms with Crippen LogP contribution in [0.15, 0.2) is 64.4 Å². The van der Waals surface area contributed by atoms with E-state index in [-0.39, 0.29) is 22.7 Å². The van der Waals surface area contributed by atoms with E-state index in [9.17, 15) is 9.59 Å². The average Bonchev–Trinajstić information content (AvgIpc) is 3.49. The molecular weight excluding hydrogens is 400 g/mol. The van der Waals surface area contributed by atoms with Gasteiger partial charge in [0.1, 0.15) is 0 Å². The van der Waals surface area contributed by atoms with Crippen LogP contribution >= 0.6 is 0 Å². The first kappa shape index (κ1) is 20.5. The third kappa shape index (κ3) is 3.40. The largest absolute Gasteiger partial charge is 0.337 e. The van der Waals surface area contributed by atoms with E-state index in [0.29, 0.717) is 17.7 Å². The maximum Gasteiger partial charge on any atom is 0.337 e. The number of aryl methyl sites for hydroxylation is 1. The Balaban J connectivity index is 1.69. The molecule has 2 aromatic heterocycles. The van der Waals surface area contributed by atoms with Gasteiger partial charge in [-0.2, -0.15) is 0 Å². The van der Waals surface area contributed by atoms with Crippen LogP contribution in [-0.4, -0.2) is 18.7 Å². The summed E-state index contributed by atoms with van der Waals surface area (Å²) in [7, 11) is 0. The zero-order valence-corrected chi connectivity index (χ0v) is 19.0. The first-order valence-corrected chi connectivity index (χ1v) is 11.1. The minimum atomic E-state index is -0.306. The molecule has 1 aliphatic carbocycles. The zero-order chi connectivity index (χ0) is 22.6. The number of aromatic nitrogens is 4. The predicted molar refractivity (Wildman–Crippen MR) is 127 cm³/mol. The van der Waals surface area contributed by atoms with Crippen LogP contribution in [0.5, 0.6) is 0 Å². The number of nitrogens with zero attached hydrogens (tertiary/aromatic N) is 4. The molecule has 0 amide bonds. The van der Waals surface area contributed by atoms with Gasteiger partial charge in [-0.25, -0.2) is 14.3 Å². The van der Waals surface area contributed by atoms with E-state index in [2.05, 4.69) is 50.0 Å². The van der Waals surface area contributed by atoms with Crippen molar-refractivity contribution in [1.82, 2.24) is 18.7 Å². The SMILES string of the molecule is Cc1ccccc1-n1c(=O)n(C2CC2)c(=O)c2c1ncn2Cc1ccc(C(C)(C)C)cc1. The molecule has 5 rings (SSSR count). The molecular formula is C26H28N4O2. The molecule has 2 aromatic carbocycles. The van der Waals surface area contributed by atoms with Gasteiger partial charge in [0, 0.05) is 12.6 Å². The monoisotopic (exact) mass is 428 g/mol. The van der Waals surface area contributed by atoms with Gasteiger partial charge in [-0.05, 0) is 47.9 Å². The lowest BCUT2D eigenvalue weighted by Gasteiger charge is -2.19. The summed E-state index contributed by atoms with van der Waals surface area (Å²) >= 11 is 0. The number of para-hydroxylation sites is 1. The van der Waals surface area contributed by atoms with Crippen molar-refractivity contribution >= 4 is 11.2 Å². The molecule has 0 radical (unpaired) electrons. The Hall–Kier alpha value is -3.41. The topological polar surface area (TPSA) is 61.8 Å². The summed E-state index contributed by atoms with van der Waals surface area (Å²) in [6.45, 7) is 9.06. The van der Waals surface area contributed by atoms with Crippen LogP contribution < -0.4 is 11.2 Å². The molecule has 4 aromatic rings. The van der Waals surface area contributed by atoms with Gasteiger partial charge < -0.3 is 4.57 Å². The quantitative estimate of drug-likeness (QED) is 0.486. The molecule has 2 heterocycles. The van der Waals surface area contributed by atoms with Crippen molar-refractivity contribution in [2.45, 2.75) is 58.5 Å². The lowest BCUT2D eigenvalue weighted by Crippen LogP contribution is -2.39. The predicted octanol–water partition coefficient (Wildman–Crippen LogP) is 4.34. The van der Waals surface area contributed by atoms with Crippen LogP contribution in [0.25, 0.3) is 16.9 Å². The summed E-state index contributed by atoms with van der Waals surface area (Å²) in [5.41, 5.74) is 4.49. The highest BCUT2D eigenvalue weighted by Gasteiger charge is 2.30. The van der Waals surface area contributed by atoms with E-state index in [1.165, 1.54) is 10.1 Å². The van der Waals surface area contributed by atoms with E-state index in [0.717, 1.165) is 29.7 Å². The van der Waals surface area contributed by atoms with Crippen molar-refractivity contribution in [3.8, 4) is 5.69 Å². The maximum absolute atomic E-state index is 13.4. The first-order valence-electron chi connectivity index (χ1n) is 11.1. The van der Waals surface area contributed by atoms with Crippen LogP contribution in [0.2, 0.25) is 0 Å². The highest BCUT2D eigenvalue weighted by Crippen LogP contribution is 2.33. The number of fused-ring (bicyclic) bond motifs is 1. The molecule has 0 atom stereocenters. The summed E-state index contributed by atoms with van der Waals surface area (Å²) in [5.74, 6) is 0. The first-order chi connectivity index (χ1) is 15.3. The van der Waals surface area contributed by atoms with Gasteiger partial charge in [0.25, 0.3) is 5.56 Å². The maximum atomic E-state index is 13.4. The number of imidazole rings is 1. The molecule has 1 saturated carbocycles. The Bertz CT molecular complexity index is 1430. The van der Waals surface area contributed by atoms with Crippen molar-refractivity contribution in [2.24, 2.45) is 0 Å². The number of hydrogen-bond acceptors (Lipinski definition) is 3. The van der Waals surface area contributed by atoms with Gasteiger partial charge in [0.05, 0.1) is 12.0 Å². The normalized spacial score (nSPS) is 14.2. The highest BCUT2D eigenvalue weighted by molar-refractivity contribution is 5.73. The summed E-state index contributed by atoms with van der Waals surface area (Å²) in [6.07, 6.45) is 3.39. The number of rotatable bonds is 4. The fraction of sp³-hybridized carbons (Fsp3) is 0.346. The van der Waals surface area contributed by atoms with Crippen LogP contribution in [0, 0.1) is 6.92 Å². The van der Waals surface area contributed by atoms with E-state index >= 15 is 0 Å². The Morgan fingerprint density at radius 1 is 1.00 bits per heavy atom. The minimum absolute atomic E-state index is 0.0240. The molecule has 0 aliphatic heterocycles. The van der Waals surface area contributed by atoms with Crippen molar-refractivity contribution in [1.29, 1.82) is 0 Å². The van der Waals surface area contributed by atoms with Gasteiger partial charge in [0.2, 0.25) is 0 Å². The lowest BCUT2D eigenvalue weighted by molar-refractivity contribution is 0.590. The molecule has 32 heavy (non-hydrogen) atoms. The summed E-state index contributed by atoms with van der Waals surface area (Å²) < 4.78 is 4.90. The Labute approximate surface area is 186 Å². The molecule has 1 fully saturated rings. The lowest BCUT2D eigenvalue weighted by atomic mass is 9.87. The molecule has 6 nitrogen and oxygen atoms in total. The van der Waals surface area contributed by atoms with E-state index < -0.39 is 0 Å². The molecule has 0 bridgehead atoms. The zero-order valence-electron chi connectivity index (χ0n) is 19.0. The van der Waals surface area contributed by atoms with Gasteiger partial charge >= 0.3 is 5.69 Å². The summed E-state index contributed by atoms with van der Waals surface area (Å²) in [6, 6.07) is 16.2. The van der Waals surface area contributed by atoms with Gasteiger partial charge in [0.15, 0.2) is 11.2 Å². The molecule has 6 heteroatoms. The molecule has 0 spiro atoms. The smallest absolute Gasteiger partial charge is 0.320 e. The van der Waals surface area contributed by atoms with Crippen molar-refractivity contribution < 1.29 is 0 Å². The van der Waals surface area contributed by atoms with Crippen LogP contribution in [0.1, 0.15) is 56.3 Å².